The maximum atomic E-state index is 6.36. The summed E-state index contributed by atoms with van der Waals surface area (Å²) in [5.74, 6) is 5.56. The molecule has 686 valence electrons. The van der Waals surface area contributed by atoms with Crippen LogP contribution in [0.1, 0.15) is 29.2 Å². The van der Waals surface area contributed by atoms with Crippen LogP contribution < -0.4 is 55.6 Å². The third-order valence-electron chi connectivity index (χ3n) is 23.4. The number of para-hydroxylation sites is 3. The minimum absolute atomic E-state index is 0. The summed E-state index contributed by atoms with van der Waals surface area (Å²) in [6.07, 6.45) is 3.83. The molecule has 0 radical (unpaired) electrons. The van der Waals surface area contributed by atoms with E-state index >= 15 is 0 Å². The van der Waals surface area contributed by atoms with Crippen molar-refractivity contribution in [3.05, 3.63) is 485 Å². The summed E-state index contributed by atoms with van der Waals surface area (Å²) in [6, 6.07) is 156. The van der Waals surface area contributed by atoms with Gasteiger partial charge in [0, 0.05) is 146 Å². The number of aryl methyl sites for hydroxylation is 3. The Morgan fingerprint density at radius 3 is 1.18 bits per heavy atom. The Labute approximate surface area is 849 Å². The first kappa shape index (κ1) is 94.5. The van der Waals surface area contributed by atoms with Crippen molar-refractivity contribution in [2.75, 3.05) is 29.7 Å². The molecule has 3 aliphatic heterocycles. The van der Waals surface area contributed by atoms with Crippen molar-refractivity contribution in [1.82, 2.24) is 28.9 Å². The molecule has 3 aromatic heterocycles. The third kappa shape index (κ3) is 21.0. The molecule has 0 unspecified atom stereocenters. The molecule has 22 rings (SSSR count). The second-order valence-corrected chi connectivity index (χ2v) is 32.7. The number of hydrogen-bond acceptors (Lipinski definition) is 14. The first-order valence-corrected chi connectivity index (χ1v) is 44.6. The minimum atomic E-state index is -0.0866. The molecule has 0 aliphatic carbocycles. The Bertz CT molecular complexity index is 7450. The molecule has 19 aromatic rings. The van der Waals surface area contributed by atoms with Crippen molar-refractivity contribution in [2.45, 2.75) is 27.7 Å². The monoisotopic (exact) mass is 2330 g/mol. The van der Waals surface area contributed by atoms with Crippen molar-refractivity contribution in [3.63, 3.8) is 0 Å². The fourth-order valence-electron chi connectivity index (χ4n) is 17.1. The van der Waals surface area contributed by atoms with Crippen LogP contribution >= 0.6 is 0 Å². The molecule has 6 heterocycles. The van der Waals surface area contributed by atoms with Gasteiger partial charge in [-0.3, -0.25) is 14.6 Å². The standard InChI is InChI=1S/C42H30N5O.C38H31BN5.C37H28N5O.3Pt/c1-45-40(32-18-8-3-9-19-32)39(31-16-6-2-7-17-31)43-41(45)34-22-14-26-37(28-34)48-38-27-15-25-36(29-38)47-30-46(35-23-12-5-13-24-35)42(44-47)33-20-10-4-11-21-33;1-28-22-29(2)38(30(3)23-28)39(32-14-10-18-35(24-32)43-21-20-37(41-43)31-12-6-4-7-13-31)33-15-11-19-36(25-33)44-27-42(26-40-44)34-16-8-5-9-17-34;1-27-39-42(26-41(27)31-19-10-5-11-20-31)32-21-13-23-34(25-32)43-33-22-12-18-30(24-33)37-38-35(28-14-6-3-7-15-28)36(40(37)2)29-16-8-4-9-17-29;;;/h2-27,30H,1H3;4-23,26-27H,1-3H3;3-23,26H,1-2H3;;;/q3*-3;;;. The van der Waals surface area contributed by atoms with Gasteiger partial charge in [-0.1, -0.05) is 300 Å². The fraction of sp³-hybridized carbons (Fsp3) is 0.0513. The van der Waals surface area contributed by atoms with Gasteiger partial charge in [0.15, 0.2) is 6.71 Å². The molecule has 0 saturated carbocycles. The molecule has 0 amide bonds. The number of hydrogen-bond donors (Lipinski definition) is 0. The number of rotatable bonds is 22. The Morgan fingerprint density at radius 1 is 0.326 bits per heavy atom. The average Bonchev–Trinajstić information content (AvgIpc) is 1.30. The largest absolute Gasteiger partial charge is 0.503 e. The summed E-state index contributed by atoms with van der Waals surface area (Å²) in [6.45, 7) is 14.3. The number of nitrogens with zero attached hydrogens (tertiary/aromatic N) is 15. The van der Waals surface area contributed by atoms with Crippen molar-refractivity contribution in [1.29, 1.82) is 0 Å². The van der Waals surface area contributed by atoms with E-state index in [0.29, 0.717) is 23.0 Å². The van der Waals surface area contributed by atoms with E-state index in [1.165, 1.54) is 22.2 Å². The summed E-state index contributed by atoms with van der Waals surface area (Å²) < 4.78 is 18.8. The summed E-state index contributed by atoms with van der Waals surface area (Å²) in [4.78, 5) is 16.4. The number of anilines is 6. The quantitative estimate of drug-likeness (QED) is 0.0475. The zero-order valence-electron chi connectivity index (χ0n) is 76.0. The number of aromatic nitrogens is 6. The van der Waals surface area contributed by atoms with Crippen LogP contribution in [0.5, 0.6) is 23.0 Å². The van der Waals surface area contributed by atoms with Crippen LogP contribution in [0, 0.1) is 77.2 Å². The first-order chi connectivity index (χ1) is 66.4. The second kappa shape index (κ2) is 43.6. The van der Waals surface area contributed by atoms with Gasteiger partial charge in [0.1, 0.15) is 5.84 Å². The van der Waals surface area contributed by atoms with Crippen molar-refractivity contribution < 1.29 is 72.7 Å². The minimum Gasteiger partial charge on any atom is -0.503 e. The molecular formula is C117H89BN15O2Pt3-9. The van der Waals surface area contributed by atoms with Crippen LogP contribution in [0.15, 0.2) is 422 Å². The predicted molar refractivity (Wildman–Crippen MR) is 548 cm³/mol. The number of benzene rings is 16. The van der Waals surface area contributed by atoms with Gasteiger partial charge in [0.2, 0.25) is 0 Å². The molecule has 0 N–H and O–H groups in total. The second-order valence-electron chi connectivity index (χ2n) is 32.7. The van der Waals surface area contributed by atoms with E-state index < -0.39 is 0 Å². The first-order valence-electron chi connectivity index (χ1n) is 44.6. The van der Waals surface area contributed by atoms with Crippen molar-refractivity contribution in [3.8, 4) is 108 Å². The smallest absolute Gasteiger partial charge is 0.192 e. The molecule has 0 bridgehead atoms. The van der Waals surface area contributed by atoms with Crippen LogP contribution in [0.3, 0.4) is 0 Å². The van der Waals surface area contributed by atoms with Gasteiger partial charge in [-0.15, -0.1) is 116 Å². The van der Waals surface area contributed by atoms with E-state index in [2.05, 4.69) is 240 Å². The summed E-state index contributed by atoms with van der Waals surface area (Å²) >= 11 is 0. The topological polar surface area (TPSA) is 128 Å². The van der Waals surface area contributed by atoms with E-state index in [9.17, 15) is 0 Å². The van der Waals surface area contributed by atoms with Gasteiger partial charge in [-0.05, 0) is 87.0 Å². The summed E-state index contributed by atoms with van der Waals surface area (Å²) in [7, 11) is 4.09. The number of amidine groups is 2. The molecule has 138 heavy (non-hydrogen) atoms. The molecule has 21 heteroatoms. The number of imidazole rings is 2. The molecule has 0 atom stereocenters. The molecule has 0 spiro atoms. The molecule has 0 fully saturated rings. The van der Waals surface area contributed by atoms with Crippen LogP contribution in [0.4, 0.5) is 34.1 Å². The normalized spacial score (nSPS) is 12.4. The summed E-state index contributed by atoms with van der Waals surface area (Å²) in [5, 5.41) is 24.7. The predicted octanol–water partition coefficient (Wildman–Crippen LogP) is 24.2. The Kier molecular flexibility index (Phi) is 29.8. The van der Waals surface area contributed by atoms with Crippen LogP contribution in [0.2, 0.25) is 0 Å². The van der Waals surface area contributed by atoms with Gasteiger partial charge < -0.3 is 48.3 Å². The van der Waals surface area contributed by atoms with Gasteiger partial charge in [-0.2, -0.15) is 79.9 Å². The van der Waals surface area contributed by atoms with E-state index in [1.54, 1.807) is 5.01 Å². The van der Waals surface area contributed by atoms with Crippen LogP contribution in [0.25, 0.3) is 84.7 Å². The Morgan fingerprint density at radius 2 is 0.703 bits per heavy atom. The van der Waals surface area contributed by atoms with Crippen molar-refractivity contribution in [2.24, 2.45) is 29.4 Å². The van der Waals surface area contributed by atoms with Gasteiger partial charge >= 0.3 is 0 Å². The Hall–Kier alpha value is -15.3. The molecular weight excluding hydrogens is 2240 g/mol. The van der Waals surface area contributed by atoms with E-state index in [-0.39, 0.29) is 69.9 Å². The SMILES string of the molecule is CC1=NN(c2[c-]c(Oc3[c-]c(-c4nc(-c5ccccc5)c(-c5ccccc5)n4C)ccc3)ccc2)[CH-]N1c1ccccc1.Cc1cc(C)c(B(c2[c-]c(N3[CH-]N(c4ccccc4)C=N3)ccc2)c2[c-]c(-n3ccc(-c4ccccc4)n3)ccc2)c(C)c1.Cn1c(-c2[c-]c(Oc3[c-]c(N4[CH-]N(c5ccccc5)C(c5ccccc5)=N4)ccc3)ccc2)nc(-c2ccccc2)c1-c1ccccc1.[Pt].[Pt].[Pt]. The van der Waals surface area contributed by atoms with E-state index in [1.807, 2.05) is 315 Å². The third-order valence-corrected chi connectivity index (χ3v) is 23.4. The average molecular weight is 2330 g/mol. The molecule has 3 aliphatic rings. The maximum absolute atomic E-state index is 6.36. The van der Waals surface area contributed by atoms with Gasteiger partial charge in [0.25, 0.3) is 0 Å². The van der Waals surface area contributed by atoms with Gasteiger partial charge in [-0.25, -0.2) is 0 Å². The van der Waals surface area contributed by atoms with Crippen LogP contribution in [-0.2, 0) is 77.3 Å². The maximum Gasteiger partial charge on any atom is 0.192 e. The van der Waals surface area contributed by atoms with Crippen molar-refractivity contribution >= 4 is 75.2 Å². The number of hydrazone groups is 3. The molecule has 0 saturated heterocycles. The van der Waals surface area contributed by atoms with E-state index in [4.69, 9.17) is 34.7 Å². The Balaban J connectivity index is 0.000000142. The van der Waals surface area contributed by atoms with Crippen LogP contribution in [-0.4, -0.2) is 53.6 Å². The van der Waals surface area contributed by atoms with Gasteiger partial charge in [0.05, 0.1) is 52.3 Å². The number of ether oxygens (including phenoxy) is 2. The molecule has 16 aromatic carbocycles. The fourth-order valence-corrected chi connectivity index (χ4v) is 17.1. The zero-order chi connectivity index (χ0) is 91.5. The molecule has 17 nitrogen and oxygen atoms in total. The van der Waals surface area contributed by atoms with E-state index in [0.717, 1.165) is 147 Å². The zero-order valence-corrected chi connectivity index (χ0v) is 82.9. The summed E-state index contributed by atoms with van der Waals surface area (Å²) in [5.41, 5.74) is 26.5.